The number of anilines is 2. The lowest BCUT2D eigenvalue weighted by Crippen LogP contribution is -2.38. The molecular weight excluding hydrogens is 369 g/mol. The Hall–Kier alpha value is -2.83. The molecule has 0 saturated heterocycles. The number of aryl methyl sites for hydroxylation is 1. The molecule has 0 unspecified atom stereocenters. The van der Waals surface area contributed by atoms with Crippen LogP contribution in [0.2, 0.25) is 0 Å². The highest BCUT2D eigenvalue weighted by Crippen LogP contribution is 2.31. The van der Waals surface area contributed by atoms with Crippen LogP contribution >= 0.6 is 0 Å². The third-order valence-electron chi connectivity index (χ3n) is 4.85. The fourth-order valence-electron chi connectivity index (χ4n) is 3.43. The Morgan fingerprint density at radius 2 is 1.75 bits per heavy atom. The van der Waals surface area contributed by atoms with Gasteiger partial charge in [0.25, 0.3) is 0 Å². The average Bonchev–Trinajstić information content (AvgIpc) is 2.67. The van der Waals surface area contributed by atoms with Gasteiger partial charge in [-0.3, -0.25) is 9.59 Å². The van der Waals surface area contributed by atoms with E-state index in [-0.39, 0.29) is 24.8 Å². The number of nitrogens with zero attached hydrogens (tertiary/aromatic N) is 2. The maximum Gasteiger partial charge on any atom is 0.416 e. The van der Waals surface area contributed by atoms with Crippen molar-refractivity contribution in [3.8, 4) is 0 Å². The topological polar surface area (TPSA) is 40.6 Å². The Balaban J connectivity index is 1.71. The van der Waals surface area contributed by atoms with E-state index in [1.54, 1.807) is 4.90 Å². The molecule has 28 heavy (non-hydrogen) atoms. The third kappa shape index (κ3) is 4.35. The molecule has 0 fully saturated rings. The Bertz CT molecular complexity index is 863. The second-order valence-electron chi connectivity index (χ2n) is 6.74. The summed E-state index contributed by atoms with van der Waals surface area (Å²) in [6, 6.07) is 12.1. The summed E-state index contributed by atoms with van der Waals surface area (Å²) in [7, 11) is 0. The van der Waals surface area contributed by atoms with E-state index in [1.165, 1.54) is 24.0 Å². The summed E-state index contributed by atoms with van der Waals surface area (Å²) in [6.45, 7) is 2.06. The van der Waals surface area contributed by atoms with Crippen molar-refractivity contribution in [1.82, 2.24) is 0 Å². The summed E-state index contributed by atoms with van der Waals surface area (Å²) in [5, 5.41) is 0. The Kier molecular flexibility index (Phi) is 5.72. The van der Waals surface area contributed by atoms with Crippen molar-refractivity contribution >= 4 is 23.2 Å². The molecule has 0 atom stereocenters. The summed E-state index contributed by atoms with van der Waals surface area (Å²) in [5.74, 6) is -0.433. The van der Waals surface area contributed by atoms with E-state index < -0.39 is 11.7 Å². The maximum atomic E-state index is 12.7. The molecule has 2 amide bonds. The van der Waals surface area contributed by atoms with E-state index in [0.717, 1.165) is 36.2 Å². The molecule has 0 aliphatic carbocycles. The van der Waals surface area contributed by atoms with Gasteiger partial charge in [-0.15, -0.1) is 0 Å². The molecule has 2 aromatic carbocycles. The second kappa shape index (κ2) is 8.04. The van der Waals surface area contributed by atoms with Crippen LogP contribution in [0.15, 0.2) is 48.5 Å². The van der Waals surface area contributed by atoms with E-state index in [1.807, 2.05) is 24.3 Å². The van der Waals surface area contributed by atoms with Crippen molar-refractivity contribution in [3.05, 3.63) is 59.7 Å². The first-order valence-corrected chi connectivity index (χ1v) is 9.11. The monoisotopic (exact) mass is 390 g/mol. The number of halogens is 3. The number of para-hydroxylation sites is 1. The number of benzene rings is 2. The number of hydrogen-bond donors (Lipinski definition) is 0. The summed E-state index contributed by atoms with van der Waals surface area (Å²) < 4.78 is 38.2. The molecule has 148 valence electrons. The Morgan fingerprint density at radius 1 is 1.07 bits per heavy atom. The average molecular weight is 390 g/mol. The molecule has 4 nitrogen and oxygen atoms in total. The zero-order valence-electron chi connectivity index (χ0n) is 15.5. The van der Waals surface area contributed by atoms with Gasteiger partial charge in [0.1, 0.15) is 0 Å². The van der Waals surface area contributed by atoms with Gasteiger partial charge in [0.05, 0.1) is 5.56 Å². The lowest BCUT2D eigenvalue weighted by Gasteiger charge is -2.30. The fourth-order valence-corrected chi connectivity index (χ4v) is 3.43. The Morgan fingerprint density at radius 3 is 2.39 bits per heavy atom. The van der Waals surface area contributed by atoms with Gasteiger partial charge in [-0.1, -0.05) is 18.2 Å². The quantitative estimate of drug-likeness (QED) is 0.775. The van der Waals surface area contributed by atoms with Crippen molar-refractivity contribution < 1.29 is 22.8 Å². The third-order valence-corrected chi connectivity index (χ3v) is 4.85. The summed E-state index contributed by atoms with van der Waals surface area (Å²) >= 11 is 0. The zero-order valence-corrected chi connectivity index (χ0v) is 15.5. The first-order valence-electron chi connectivity index (χ1n) is 9.11. The van der Waals surface area contributed by atoms with Gasteiger partial charge in [0, 0.05) is 37.8 Å². The van der Waals surface area contributed by atoms with E-state index >= 15 is 0 Å². The summed E-state index contributed by atoms with van der Waals surface area (Å²) in [4.78, 5) is 27.8. The van der Waals surface area contributed by atoms with Crippen molar-refractivity contribution in [2.75, 3.05) is 22.9 Å². The molecule has 0 saturated carbocycles. The van der Waals surface area contributed by atoms with Crippen LogP contribution < -0.4 is 9.80 Å². The van der Waals surface area contributed by atoms with Gasteiger partial charge in [0.15, 0.2) is 0 Å². The number of alkyl halides is 3. The first kappa shape index (κ1) is 19.9. The molecule has 0 aromatic heterocycles. The van der Waals surface area contributed by atoms with Crippen LogP contribution in [0.3, 0.4) is 0 Å². The predicted molar refractivity (Wildman–Crippen MR) is 101 cm³/mol. The van der Waals surface area contributed by atoms with E-state index in [4.69, 9.17) is 0 Å². The molecule has 2 aromatic rings. The summed E-state index contributed by atoms with van der Waals surface area (Å²) in [5.41, 5.74) is 1.57. The standard InChI is InChI=1S/C21H21F3N2O2/c1-15(27)25(18-10-8-17(9-11-18)21(22,23)24)14-12-20(28)26-13-4-6-16-5-2-3-7-19(16)26/h2-3,5,7-11H,4,6,12-14H2,1H3. The molecule has 0 spiro atoms. The van der Waals surface area contributed by atoms with Gasteiger partial charge in [-0.05, 0) is 48.7 Å². The van der Waals surface area contributed by atoms with Crippen LogP contribution in [-0.2, 0) is 22.2 Å². The number of carbonyl (C=O) groups is 2. The number of amides is 2. The van der Waals surface area contributed by atoms with E-state index in [9.17, 15) is 22.8 Å². The fraction of sp³-hybridized carbons (Fsp3) is 0.333. The zero-order chi connectivity index (χ0) is 20.3. The molecular formula is C21H21F3N2O2. The van der Waals surface area contributed by atoms with Crippen molar-refractivity contribution in [3.63, 3.8) is 0 Å². The molecule has 7 heteroatoms. The predicted octanol–water partition coefficient (Wildman–Crippen LogP) is 4.43. The van der Waals surface area contributed by atoms with Crippen LogP contribution in [-0.4, -0.2) is 24.9 Å². The van der Waals surface area contributed by atoms with Crippen molar-refractivity contribution in [2.45, 2.75) is 32.4 Å². The second-order valence-corrected chi connectivity index (χ2v) is 6.74. The van der Waals surface area contributed by atoms with E-state index in [0.29, 0.717) is 12.2 Å². The minimum Gasteiger partial charge on any atom is -0.312 e. The van der Waals surface area contributed by atoms with Crippen LogP contribution in [0, 0.1) is 0 Å². The number of carbonyl (C=O) groups excluding carboxylic acids is 2. The molecule has 1 aliphatic rings. The first-order chi connectivity index (χ1) is 13.3. The van der Waals surface area contributed by atoms with Crippen molar-refractivity contribution in [2.24, 2.45) is 0 Å². The van der Waals surface area contributed by atoms with Crippen LogP contribution in [0.4, 0.5) is 24.5 Å². The molecule has 1 aliphatic heterocycles. The molecule has 0 radical (unpaired) electrons. The largest absolute Gasteiger partial charge is 0.416 e. The van der Waals surface area contributed by atoms with Gasteiger partial charge >= 0.3 is 6.18 Å². The highest BCUT2D eigenvalue weighted by atomic mass is 19.4. The maximum absolute atomic E-state index is 12.7. The summed E-state index contributed by atoms with van der Waals surface area (Å²) in [6.07, 6.45) is -2.55. The normalized spacial score (nSPS) is 13.8. The molecule has 3 rings (SSSR count). The van der Waals surface area contributed by atoms with Crippen LogP contribution in [0.1, 0.15) is 30.9 Å². The van der Waals surface area contributed by atoms with Gasteiger partial charge in [-0.25, -0.2) is 0 Å². The lowest BCUT2D eigenvalue weighted by molar-refractivity contribution is -0.137. The van der Waals surface area contributed by atoms with Gasteiger partial charge in [0.2, 0.25) is 11.8 Å². The van der Waals surface area contributed by atoms with E-state index in [2.05, 4.69) is 0 Å². The number of hydrogen-bond acceptors (Lipinski definition) is 2. The number of rotatable bonds is 4. The van der Waals surface area contributed by atoms with Crippen LogP contribution in [0.5, 0.6) is 0 Å². The SMILES string of the molecule is CC(=O)N(CCC(=O)N1CCCc2ccccc21)c1ccc(C(F)(F)F)cc1. The van der Waals surface area contributed by atoms with Gasteiger partial charge in [-0.2, -0.15) is 13.2 Å². The van der Waals surface area contributed by atoms with Crippen molar-refractivity contribution in [1.29, 1.82) is 0 Å². The van der Waals surface area contributed by atoms with Gasteiger partial charge < -0.3 is 9.80 Å². The molecule has 0 bridgehead atoms. The molecule has 0 N–H and O–H groups in total. The number of fused-ring (bicyclic) bond motifs is 1. The highest BCUT2D eigenvalue weighted by Gasteiger charge is 2.30. The highest BCUT2D eigenvalue weighted by molar-refractivity contribution is 5.97. The van der Waals surface area contributed by atoms with Crippen LogP contribution in [0.25, 0.3) is 0 Å². The smallest absolute Gasteiger partial charge is 0.312 e. The minimum absolute atomic E-state index is 0.0922. The minimum atomic E-state index is -4.43. The Labute approximate surface area is 161 Å². The lowest BCUT2D eigenvalue weighted by atomic mass is 10.0. The molecule has 1 heterocycles.